The Labute approximate surface area is 164 Å². The molecule has 0 spiro atoms. The van der Waals surface area contributed by atoms with Crippen LogP contribution in [-0.2, 0) is 13.1 Å². The van der Waals surface area contributed by atoms with Crippen LogP contribution in [0, 0.1) is 0 Å². The van der Waals surface area contributed by atoms with Crippen molar-refractivity contribution in [2.75, 3.05) is 6.61 Å². The summed E-state index contributed by atoms with van der Waals surface area (Å²) in [6, 6.07) is 13.5. The molecule has 1 aromatic heterocycles. The molecule has 2 N–H and O–H groups in total. The molecular weight excluding hydrogens is 354 g/mol. The fraction of sp³-hybridized carbons (Fsp3) is 0.364. The average Bonchev–Trinajstić information content (AvgIpc) is 2.72. The maximum absolute atomic E-state index is 11.9. The third-order valence-corrected chi connectivity index (χ3v) is 4.61. The summed E-state index contributed by atoms with van der Waals surface area (Å²) in [5.74, 6) is 1.53. The maximum atomic E-state index is 11.9. The van der Waals surface area contributed by atoms with Gasteiger partial charge in [-0.1, -0.05) is 31.2 Å². The summed E-state index contributed by atoms with van der Waals surface area (Å²) in [5, 5.41) is 11.7. The average molecular weight is 381 g/mol. The van der Waals surface area contributed by atoms with Crippen LogP contribution >= 0.6 is 0 Å². The van der Waals surface area contributed by atoms with Crippen molar-refractivity contribution in [3.05, 3.63) is 64.1 Å². The second-order valence-electron chi connectivity index (χ2n) is 6.70. The number of hydrogen-bond donors (Lipinski definition) is 2. The molecule has 0 aliphatic carbocycles. The Morgan fingerprint density at radius 3 is 2.61 bits per heavy atom. The van der Waals surface area contributed by atoms with Gasteiger partial charge in [0.2, 0.25) is 0 Å². The number of aromatic amines is 1. The predicted molar refractivity (Wildman–Crippen MR) is 111 cm³/mol. The Hall–Kier alpha value is -2.86. The molecule has 0 saturated heterocycles. The molecule has 0 saturated carbocycles. The van der Waals surface area contributed by atoms with Crippen LogP contribution in [0.1, 0.15) is 38.4 Å². The van der Waals surface area contributed by atoms with Gasteiger partial charge in [0.25, 0.3) is 5.56 Å². The Balaban J connectivity index is 1.70. The van der Waals surface area contributed by atoms with Gasteiger partial charge < -0.3 is 14.8 Å². The molecule has 3 aromatic rings. The number of ether oxygens (including phenoxy) is 2. The summed E-state index contributed by atoms with van der Waals surface area (Å²) in [6.45, 7) is 7.89. The fourth-order valence-electron chi connectivity index (χ4n) is 2.96. The standard InChI is InChI=1S/C22H27N3O3/c1-4-15(3)28-20-11-10-16(12-21(20)27-5-2)13-23-14-19-17-8-6-7-9-18(17)22(26)25-24-19/h6-12,15,23H,4-5,13-14H2,1-3H3,(H,25,26). The van der Waals surface area contributed by atoms with E-state index in [0.29, 0.717) is 25.1 Å². The topological polar surface area (TPSA) is 76.2 Å². The molecule has 6 heteroatoms. The van der Waals surface area contributed by atoms with Gasteiger partial charge in [0.15, 0.2) is 11.5 Å². The largest absolute Gasteiger partial charge is 0.490 e. The molecule has 3 rings (SSSR count). The summed E-state index contributed by atoms with van der Waals surface area (Å²) >= 11 is 0. The van der Waals surface area contributed by atoms with Crippen molar-refractivity contribution in [1.29, 1.82) is 0 Å². The van der Waals surface area contributed by atoms with Crippen molar-refractivity contribution in [3.8, 4) is 11.5 Å². The van der Waals surface area contributed by atoms with Crippen molar-refractivity contribution in [1.82, 2.24) is 15.5 Å². The van der Waals surface area contributed by atoms with E-state index < -0.39 is 0 Å². The number of nitrogens with one attached hydrogen (secondary N) is 2. The Morgan fingerprint density at radius 2 is 1.86 bits per heavy atom. The van der Waals surface area contributed by atoms with E-state index in [-0.39, 0.29) is 11.7 Å². The lowest BCUT2D eigenvalue weighted by atomic mass is 10.1. The van der Waals surface area contributed by atoms with Crippen molar-refractivity contribution >= 4 is 10.8 Å². The SMILES string of the molecule is CCOc1cc(CNCc2n[nH]c(=O)c3ccccc23)ccc1OC(C)CC. The zero-order valence-corrected chi connectivity index (χ0v) is 16.6. The minimum Gasteiger partial charge on any atom is -0.490 e. The van der Waals surface area contributed by atoms with Gasteiger partial charge in [0.1, 0.15) is 0 Å². The van der Waals surface area contributed by atoms with Crippen LogP contribution in [0.3, 0.4) is 0 Å². The van der Waals surface area contributed by atoms with E-state index in [1.54, 1.807) is 0 Å². The minimum atomic E-state index is -0.169. The second kappa shape index (κ2) is 9.37. The second-order valence-corrected chi connectivity index (χ2v) is 6.70. The molecule has 1 unspecified atom stereocenters. The molecule has 1 atom stereocenters. The molecule has 2 aromatic carbocycles. The molecule has 0 radical (unpaired) electrons. The summed E-state index contributed by atoms with van der Waals surface area (Å²) in [5.41, 5.74) is 1.74. The highest BCUT2D eigenvalue weighted by molar-refractivity contribution is 5.83. The summed E-state index contributed by atoms with van der Waals surface area (Å²) in [7, 11) is 0. The number of fused-ring (bicyclic) bond motifs is 1. The lowest BCUT2D eigenvalue weighted by molar-refractivity contribution is 0.203. The van der Waals surface area contributed by atoms with E-state index in [4.69, 9.17) is 9.47 Å². The first-order valence-corrected chi connectivity index (χ1v) is 9.71. The third-order valence-electron chi connectivity index (χ3n) is 4.61. The number of rotatable bonds is 9. The highest BCUT2D eigenvalue weighted by Gasteiger charge is 2.10. The van der Waals surface area contributed by atoms with Crippen molar-refractivity contribution in [2.45, 2.75) is 46.4 Å². The number of hydrogen-bond acceptors (Lipinski definition) is 5. The van der Waals surface area contributed by atoms with Gasteiger partial charge >= 0.3 is 0 Å². The normalized spacial score (nSPS) is 12.1. The van der Waals surface area contributed by atoms with Gasteiger partial charge in [-0.3, -0.25) is 4.79 Å². The number of aromatic nitrogens is 2. The molecule has 0 aliphatic heterocycles. The molecule has 0 bridgehead atoms. The van der Waals surface area contributed by atoms with Gasteiger partial charge in [-0.25, -0.2) is 5.10 Å². The minimum absolute atomic E-state index is 0.141. The molecule has 6 nitrogen and oxygen atoms in total. The van der Waals surface area contributed by atoms with E-state index in [1.165, 1.54) is 0 Å². The lowest BCUT2D eigenvalue weighted by Crippen LogP contribution is -2.18. The zero-order chi connectivity index (χ0) is 19.9. The molecular formula is C22H27N3O3. The first-order chi connectivity index (χ1) is 13.6. The highest BCUT2D eigenvalue weighted by Crippen LogP contribution is 2.29. The smallest absolute Gasteiger partial charge is 0.272 e. The molecule has 148 valence electrons. The van der Waals surface area contributed by atoms with Crippen molar-refractivity contribution in [2.24, 2.45) is 0 Å². The van der Waals surface area contributed by atoms with Gasteiger partial charge in [-0.15, -0.1) is 0 Å². The first kappa shape index (κ1) is 19.9. The van der Waals surface area contributed by atoms with Crippen molar-refractivity contribution in [3.63, 3.8) is 0 Å². The van der Waals surface area contributed by atoms with Gasteiger partial charge in [0.05, 0.1) is 23.8 Å². The van der Waals surface area contributed by atoms with Gasteiger partial charge in [-0.05, 0) is 44.0 Å². The van der Waals surface area contributed by atoms with Crippen LogP contribution in [0.2, 0.25) is 0 Å². The zero-order valence-electron chi connectivity index (χ0n) is 16.6. The van der Waals surface area contributed by atoms with Gasteiger partial charge in [-0.2, -0.15) is 5.10 Å². The fourth-order valence-corrected chi connectivity index (χ4v) is 2.96. The number of benzene rings is 2. The lowest BCUT2D eigenvalue weighted by Gasteiger charge is -2.17. The summed E-state index contributed by atoms with van der Waals surface area (Å²) in [6.07, 6.45) is 1.08. The third kappa shape index (κ3) is 4.70. The van der Waals surface area contributed by atoms with Crippen LogP contribution in [0.5, 0.6) is 11.5 Å². The Kier molecular flexibility index (Phi) is 6.66. The van der Waals surface area contributed by atoms with E-state index >= 15 is 0 Å². The monoisotopic (exact) mass is 381 g/mol. The van der Waals surface area contributed by atoms with Crippen LogP contribution < -0.4 is 20.3 Å². The van der Waals surface area contributed by atoms with Crippen LogP contribution in [0.15, 0.2) is 47.3 Å². The molecule has 0 amide bonds. The number of H-pyrrole nitrogens is 1. The quantitative estimate of drug-likeness (QED) is 0.590. The maximum Gasteiger partial charge on any atom is 0.272 e. The molecule has 0 fully saturated rings. The van der Waals surface area contributed by atoms with E-state index in [0.717, 1.165) is 34.6 Å². The van der Waals surface area contributed by atoms with E-state index in [2.05, 4.69) is 22.4 Å². The number of nitrogens with zero attached hydrogens (tertiary/aromatic N) is 1. The van der Waals surface area contributed by atoms with Crippen LogP contribution in [0.4, 0.5) is 0 Å². The van der Waals surface area contributed by atoms with Crippen molar-refractivity contribution < 1.29 is 9.47 Å². The summed E-state index contributed by atoms with van der Waals surface area (Å²) in [4.78, 5) is 11.9. The molecule has 0 aliphatic rings. The van der Waals surface area contributed by atoms with Gasteiger partial charge in [0, 0.05) is 18.5 Å². The predicted octanol–water partition coefficient (Wildman–Crippen LogP) is 3.79. The summed E-state index contributed by atoms with van der Waals surface area (Å²) < 4.78 is 11.7. The molecule has 1 heterocycles. The Bertz CT molecular complexity index is 984. The van der Waals surface area contributed by atoms with E-state index in [9.17, 15) is 4.79 Å². The Morgan fingerprint density at radius 1 is 1.07 bits per heavy atom. The van der Waals surface area contributed by atoms with Crippen LogP contribution in [-0.4, -0.2) is 22.9 Å². The molecule has 28 heavy (non-hydrogen) atoms. The first-order valence-electron chi connectivity index (χ1n) is 9.71. The highest BCUT2D eigenvalue weighted by atomic mass is 16.5. The van der Waals surface area contributed by atoms with Crippen LogP contribution in [0.25, 0.3) is 10.8 Å². The van der Waals surface area contributed by atoms with E-state index in [1.807, 2.05) is 56.3 Å².